The Morgan fingerprint density at radius 2 is 1.91 bits per heavy atom. The van der Waals surface area contributed by atoms with Crippen molar-refractivity contribution in [3.63, 3.8) is 0 Å². The third-order valence-corrected chi connectivity index (χ3v) is 4.83. The van der Waals surface area contributed by atoms with Gasteiger partial charge in [0.1, 0.15) is 0 Å². The van der Waals surface area contributed by atoms with E-state index in [4.69, 9.17) is 5.73 Å². The Balaban J connectivity index is 0.00000441. The maximum atomic E-state index is 12.1. The number of nitrogens with zero attached hydrogens (tertiary/aromatic N) is 1. The fraction of sp³-hybridized carbons (Fsp3) is 0.500. The average Bonchev–Trinajstić information content (AvgIpc) is 2.37. The van der Waals surface area contributed by atoms with Gasteiger partial charge in [-0.15, -0.1) is 12.4 Å². The molecule has 0 spiro atoms. The number of nitrogens with two attached hydrogens (primary N) is 1. The summed E-state index contributed by atoms with van der Waals surface area (Å²) in [4.78, 5) is 11.9. The second-order valence-corrected chi connectivity index (χ2v) is 7.48. The van der Waals surface area contributed by atoms with E-state index in [0.717, 1.165) is 9.87 Å². The van der Waals surface area contributed by atoms with Crippen LogP contribution in [-0.2, 0) is 14.8 Å². The Labute approximate surface area is 138 Å². The highest BCUT2D eigenvalue weighted by Gasteiger charge is 2.19. The van der Waals surface area contributed by atoms with Crippen molar-refractivity contribution in [2.45, 2.75) is 37.2 Å². The van der Waals surface area contributed by atoms with Crippen LogP contribution in [0.25, 0.3) is 0 Å². The molecule has 2 unspecified atom stereocenters. The zero-order valence-corrected chi connectivity index (χ0v) is 14.9. The quantitative estimate of drug-likeness (QED) is 0.809. The van der Waals surface area contributed by atoms with E-state index in [0.29, 0.717) is 0 Å². The molecule has 2 atom stereocenters. The summed E-state index contributed by atoms with van der Waals surface area (Å²) in [5, 5.41) is 2.81. The molecular formula is C14H24ClN3O3S. The fourth-order valence-corrected chi connectivity index (χ4v) is 2.79. The Morgan fingerprint density at radius 3 is 2.41 bits per heavy atom. The van der Waals surface area contributed by atoms with E-state index < -0.39 is 10.0 Å². The number of amides is 1. The lowest BCUT2D eigenvalue weighted by atomic mass is 10.1. The van der Waals surface area contributed by atoms with Gasteiger partial charge >= 0.3 is 0 Å². The van der Waals surface area contributed by atoms with Crippen LogP contribution >= 0.6 is 12.4 Å². The van der Waals surface area contributed by atoms with Gasteiger partial charge in [-0.25, -0.2) is 12.7 Å². The molecule has 0 aromatic heterocycles. The molecule has 1 aromatic carbocycles. The van der Waals surface area contributed by atoms with E-state index in [1.807, 2.05) is 0 Å². The van der Waals surface area contributed by atoms with Crippen LogP contribution in [-0.4, -0.2) is 38.8 Å². The Hall–Kier alpha value is -1.15. The molecule has 0 radical (unpaired) electrons. The van der Waals surface area contributed by atoms with Crippen molar-refractivity contribution in [3.8, 4) is 0 Å². The largest absolute Gasteiger partial charge is 0.350 e. The van der Waals surface area contributed by atoms with Crippen molar-refractivity contribution in [2.75, 3.05) is 14.1 Å². The van der Waals surface area contributed by atoms with Crippen LogP contribution < -0.4 is 11.1 Å². The molecule has 0 saturated heterocycles. The van der Waals surface area contributed by atoms with E-state index in [2.05, 4.69) is 5.32 Å². The molecule has 0 heterocycles. The third-order valence-electron chi connectivity index (χ3n) is 3.02. The van der Waals surface area contributed by atoms with Gasteiger partial charge in [-0.1, -0.05) is 12.1 Å². The van der Waals surface area contributed by atoms with E-state index in [-0.39, 0.29) is 41.7 Å². The Bertz CT molecular complexity index is 603. The van der Waals surface area contributed by atoms with Crippen molar-refractivity contribution in [2.24, 2.45) is 5.73 Å². The van der Waals surface area contributed by atoms with Gasteiger partial charge in [-0.05, 0) is 31.5 Å². The molecule has 0 aliphatic heterocycles. The molecule has 0 saturated carbocycles. The zero-order valence-electron chi connectivity index (χ0n) is 13.2. The van der Waals surface area contributed by atoms with Crippen LogP contribution in [0.1, 0.15) is 31.9 Å². The number of sulfonamides is 1. The number of benzene rings is 1. The molecule has 1 rings (SSSR count). The summed E-state index contributed by atoms with van der Waals surface area (Å²) >= 11 is 0. The van der Waals surface area contributed by atoms with Crippen molar-refractivity contribution in [1.29, 1.82) is 0 Å². The van der Waals surface area contributed by atoms with Crippen molar-refractivity contribution < 1.29 is 13.2 Å². The Kier molecular flexibility index (Phi) is 8.03. The molecular weight excluding hydrogens is 326 g/mol. The number of halogens is 1. The summed E-state index contributed by atoms with van der Waals surface area (Å²) in [6, 6.07) is 6.07. The summed E-state index contributed by atoms with van der Waals surface area (Å²) in [5.41, 5.74) is 6.31. The molecule has 126 valence electrons. The number of carbonyl (C=O) groups is 1. The molecule has 6 nitrogen and oxygen atoms in total. The minimum atomic E-state index is -3.48. The number of nitrogens with one attached hydrogen (secondary N) is 1. The van der Waals surface area contributed by atoms with Crippen LogP contribution in [0.3, 0.4) is 0 Å². The predicted octanol–water partition coefficient (Wildman–Crippen LogP) is 1.27. The predicted molar refractivity (Wildman–Crippen MR) is 89.4 cm³/mol. The molecule has 0 bridgehead atoms. The summed E-state index contributed by atoms with van der Waals surface area (Å²) < 4.78 is 25.4. The molecule has 1 amide bonds. The lowest BCUT2D eigenvalue weighted by molar-refractivity contribution is -0.122. The van der Waals surface area contributed by atoms with E-state index >= 15 is 0 Å². The van der Waals surface area contributed by atoms with E-state index in [1.54, 1.807) is 32.0 Å². The monoisotopic (exact) mass is 349 g/mol. The van der Waals surface area contributed by atoms with Gasteiger partial charge in [0, 0.05) is 26.6 Å². The van der Waals surface area contributed by atoms with E-state index in [9.17, 15) is 13.2 Å². The molecule has 0 aliphatic carbocycles. The first-order valence-corrected chi connectivity index (χ1v) is 8.16. The van der Waals surface area contributed by atoms with Gasteiger partial charge in [-0.2, -0.15) is 0 Å². The summed E-state index contributed by atoms with van der Waals surface area (Å²) in [6.07, 6.45) is 0.236. The topological polar surface area (TPSA) is 92.5 Å². The highest BCUT2D eigenvalue weighted by molar-refractivity contribution is 7.89. The highest BCUT2D eigenvalue weighted by atomic mass is 35.5. The minimum absolute atomic E-state index is 0. The second kappa shape index (κ2) is 8.47. The molecule has 1 aromatic rings. The van der Waals surface area contributed by atoms with Crippen LogP contribution in [0.2, 0.25) is 0 Å². The zero-order chi connectivity index (χ0) is 16.2. The second-order valence-electron chi connectivity index (χ2n) is 5.33. The van der Waals surface area contributed by atoms with Gasteiger partial charge in [-0.3, -0.25) is 4.79 Å². The standard InChI is InChI=1S/C14H23N3O3S.ClH/c1-10(15)8-14(18)16-11(2)12-6-5-7-13(9-12)21(19,20)17(3)4;/h5-7,9-11H,8,15H2,1-4H3,(H,16,18);1H. The van der Waals surface area contributed by atoms with Crippen LogP contribution in [0.4, 0.5) is 0 Å². The lowest BCUT2D eigenvalue weighted by Crippen LogP contribution is -2.31. The lowest BCUT2D eigenvalue weighted by Gasteiger charge is -2.17. The van der Waals surface area contributed by atoms with Gasteiger partial charge in [0.15, 0.2) is 0 Å². The molecule has 22 heavy (non-hydrogen) atoms. The van der Waals surface area contributed by atoms with Crippen molar-refractivity contribution in [3.05, 3.63) is 29.8 Å². The summed E-state index contributed by atoms with van der Waals surface area (Å²) in [5.74, 6) is -0.154. The number of rotatable bonds is 6. The number of hydrogen-bond acceptors (Lipinski definition) is 4. The molecule has 3 N–H and O–H groups in total. The van der Waals surface area contributed by atoms with Gasteiger partial charge in [0.05, 0.1) is 10.9 Å². The highest BCUT2D eigenvalue weighted by Crippen LogP contribution is 2.19. The first kappa shape index (κ1) is 20.9. The molecule has 8 heteroatoms. The van der Waals surface area contributed by atoms with Gasteiger partial charge in [0.25, 0.3) is 0 Å². The van der Waals surface area contributed by atoms with Gasteiger partial charge < -0.3 is 11.1 Å². The third kappa shape index (κ3) is 5.57. The van der Waals surface area contributed by atoms with E-state index in [1.165, 1.54) is 20.2 Å². The molecule has 0 fully saturated rings. The fourth-order valence-electron chi connectivity index (χ4n) is 1.83. The smallest absolute Gasteiger partial charge is 0.242 e. The summed E-state index contributed by atoms with van der Waals surface area (Å²) in [7, 11) is -0.516. The minimum Gasteiger partial charge on any atom is -0.350 e. The van der Waals surface area contributed by atoms with Gasteiger partial charge in [0.2, 0.25) is 15.9 Å². The van der Waals surface area contributed by atoms with Crippen molar-refractivity contribution >= 4 is 28.3 Å². The van der Waals surface area contributed by atoms with Crippen LogP contribution in [0, 0.1) is 0 Å². The SMILES string of the molecule is CC(N)CC(=O)NC(C)c1cccc(S(=O)(=O)N(C)C)c1.Cl. The van der Waals surface area contributed by atoms with Crippen LogP contribution in [0.5, 0.6) is 0 Å². The number of carbonyl (C=O) groups excluding carboxylic acids is 1. The van der Waals surface area contributed by atoms with Crippen LogP contribution in [0.15, 0.2) is 29.2 Å². The summed E-state index contributed by atoms with van der Waals surface area (Å²) in [6.45, 7) is 3.56. The maximum absolute atomic E-state index is 12.1. The number of hydrogen-bond donors (Lipinski definition) is 2. The first-order chi connectivity index (χ1) is 9.64. The Morgan fingerprint density at radius 1 is 1.32 bits per heavy atom. The molecule has 0 aliphatic rings. The normalized spacial score (nSPS) is 14.1. The first-order valence-electron chi connectivity index (χ1n) is 6.72. The maximum Gasteiger partial charge on any atom is 0.242 e. The van der Waals surface area contributed by atoms with Crippen molar-refractivity contribution in [1.82, 2.24) is 9.62 Å². The average molecular weight is 350 g/mol.